The highest BCUT2D eigenvalue weighted by molar-refractivity contribution is 5.99. The molecule has 0 bridgehead atoms. The molecule has 16 atom stereocenters. The van der Waals surface area contributed by atoms with Crippen LogP contribution >= 0.6 is 0 Å². The molecule has 0 aliphatic carbocycles. The molecule has 1 aromatic rings. The maximum absolute atomic E-state index is 14.3. The van der Waals surface area contributed by atoms with Gasteiger partial charge in [-0.2, -0.15) is 0 Å². The van der Waals surface area contributed by atoms with E-state index >= 15 is 0 Å². The fourth-order valence-electron chi connectivity index (χ4n) is 8.91. The van der Waals surface area contributed by atoms with Crippen LogP contribution < -0.4 is 81.4 Å². The molecule has 0 spiro atoms. The Bertz CT molecular complexity index is 2340. The van der Waals surface area contributed by atoms with Crippen molar-refractivity contribution in [2.75, 3.05) is 39.8 Å². The first-order chi connectivity index (χ1) is 39.8. The van der Waals surface area contributed by atoms with Crippen molar-refractivity contribution in [2.45, 2.75) is 186 Å². The fraction of sp³-hybridized carbons (Fsp3) is 0.696. The van der Waals surface area contributed by atoms with Crippen LogP contribution in [0.1, 0.15) is 113 Å². The smallest absolute Gasteiger partial charge is 0.329 e. The highest BCUT2D eigenvalue weighted by Crippen LogP contribution is 2.17. The van der Waals surface area contributed by atoms with Gasteiger partial charge in [-0.25, -0.2) is 4.79 Å². The van der Waals surface area contributed by atoms with Crippen molar-refractivity contribution in [3.05, 3.63) is 35.9 Å². The van der Waals surface area contributed by atoms with E-state index in [1.165, 1.54) is 6.92 Å². The van der Waals surface area contributed by atoms with Gasteiger partial charge in [0.1, 0.15) is 66.5 Å². The number of hydrogen-bond acceptors (Lipinski definition) is 18. The molecule has 10 amide bonds. The SMILES string of the molecule is CC[C@H](C)[C@H](NC(=O)[C@@H](Cc1ccccc1)NC)C(=O)N[C@@H](CN)C(=O)N[C@H](CN)C(=O)N[C@@H](C(=O)N[C@H](C(=O)N[C@@H](CO)C(=O)N[C@H]1C(=O)N[C@@H](CN)C(=O)N[C@@H](CCCCN)C(=O)N[C@@H]([C@@H](C)CC)C(=O)O[C@H]1C)[C@@H](C)CC)[C@@H](C)CC. The molecule has 84 heavy (non-hydrogen) atoms. The Kier molecular flexibility index (Phi) is 32.7. The quantitative estimate of drug-likeness (QED) is 0.0234. The second-order valence-electron chi connectivity index (χ2n) is 21.6. The van der Waals surface area contributed by atoms with Gasteiger partial charge in [0.25, 0.3) is 0 Å². The number of cyclic esters (lactones) is 1. The van der Waals surface area contributed by atoms with E-state index in [2.05, 4.69) is 58.5 Å². The third-order valence-corrected chi connectivity index (χ3v) is 15.4. The number of esters is 1. The predicted molar refractivity (Wildman–Crippen MR) is 313 cm³/mol. The third-order valence-electron chi connectivity index (χ3n) is 15.4. The largest absolute Gasteiger partial charge is 0.458 e. The molecule has 0 saturated carbocycles. The summed E-state index contributed by atoms with van der Waals surface area (Å²) in [6.45, 7) is 13.0. The first kappa shape index (κ1) is 73.3. The summed E-state index contributed by atoms with van der Waals surface area (Å²) in [5.41, 5.74) is 24.4. The van der Waals surface area contributed by atoms with E-state index in [0.29, 0.717) is 45.1 Å². The number of benzene rings is 1. The second kappa shape index (κ2) is 37.5. The van der Waals surface area contributed by atoms with Crippen LogP contribution in [0, 0.1) is 23.7 Å². The van der Waals surface area contributed by atoms with E-state index in [9.17, 15) is 57.8 Å². The number of ether oxygens (including phenoxy) is 1. The fourth-order valence-corrected chi connectivity index (χ4v) is 8.91. The molecule has 20 N–H and O–H groups in total. The standard InChI is InChI=1S/C56H97N15O13/c1-11-29(5)41(67-47(74)36(61-10)24-34-20-16-15-17-21-34)52(79)64-38(26-59)49(76)63-39(27-60)50(77)68-43(31(7)13-3)54(81)69-42(30(6)12-2)53(80)66-40(28-72)51(78)71-45-33(9)84-56(83)44(32(8)14-4)70-46(73)35(22-18-19-23-57)62-48(75)37(25-58)65-55(45)82/h15-17,20-21,29-33,35-45,61,72H,11-14,18-19,22-28,57-60H2,1-10H3,(H,62,75)(H,63,76)(H,64,79)(H,65,82)(H,66,80)(H,67,74)(H,68,77)(H,69,81)(H,70,73)(H,71,78)/t29-,30-,31-,32-,33-,35-,36+,37-,38-,39+,40-,41-,42-,43+,44-,45+/m0/s1. The number of unbranched alkanes of at least 4 members (excludes halogenated alkanes) is 1. The molecular weight excluding hydrogens is 1090 g/mol. The molecule has 28 nitrogen and oxygen atoms in total. The van der Waals surface area contributed by atoms with Gasteiger partial charge in [0.2, 0.25) is 59.1 Å². The van der Waals surface area contributed by atoms with Crippen molar-refractivity contribution in [3.8, 4) is 0 Å². The molecule has 1 heterocycles. The molecule has 474 valence electrons. The number of carbonyl (C=O) groups is 11. The number of nitrogens with two attached hydrogens (primary N) is 4. The molecular formula is C56H97N15O13. The Labute approximate surface area is 493 Å². The zero-order chi connectivity index (χ0) is 63.4. The van der Waals surface area contributed by atoms with Crippen LogP contribution in [0.5, 0.6) is 0 Å². The molecule has 1 aliphatic heterocycles. The Morgan fingerprint density at radius 2 is 1.02 bits per heavy atom. The summed E-state index contributed by atoms with van der Waals surface area (Å²) in [6.07, 6.45) is 1.43. The summed E-state index contributed by atoms with van der Waals surface area (Å²) in [5, 5.41) is 39.2. The van der Waals surface area contributed by atoms with E-state index in [1.54, 1.807) is 55.5 Å². The van der Waals surface area contributed by atoms with Crippen molar-refractivity contribution in [1.29, 1.82) is 0 Å². The summed E-state index contributed by atoms with van der Waals surface area (Å²) in [6, 6.07) is -5.52. The Morgan fingerprint density at radius 1 is 0.571 bits per heavy atom. The molecule has 28 heteroatoms. The number of aliphatic hydroxyl groups is 1. The lowest BCUT2D eigenvalue weighted by atomic mass is 9.94. The van der Waals surface area contributed by atoms with Gasteiger partial charge in [0.05, 0.1) is 12.6 Å². The van der Waals surface area contributed by atoms with Crippen LogP contribution in [-0.2, 0) is 63.9 Å². The second-order valence-corrected chi connectivity index (χ2v) is 21.6. The zero-order valence-corrected chi connectivity index (χ0v) is 50.5. The van der Waals surface area contributed by atoms with Crippen LogP contribution in [0.25, 0.3) is 0 Å². The highest BCUT2D eigenvalue weighted by atomic mass is 16.5. The minimum absolute atomic E-state index is 0.138. The lowest BCUT2D eigenvalue weighted by Gasteiger charge is -2.31. The van der Waals surface area contributed by atoms with Crippen LogP contribution in [0.15, 0.2) is 30.3 Å². The number of rotatable bonds is 33. The lowest BCUT2D eigenvalue weighted by molar-refractivity contribution is -0.157. The van der Waals surface area contributed by atoms with Gasteiger partial charge in [-0.05, 0) is 75.4 Å². The molecule has 0 aromatic heterocycles. The summed E-state index contributed by atoms with van der Waals surface area (Å²) < 4.78 is 5.71. The Morgan fingerprint density at radius 3 is 1.49 bits per heavy atom. The van der Waals surface area contributed by atoms with Gasteiger partial charge in [-0.1, -0.05) is 111 Å². The summed E-state index contributed by atoms with van der Waals surface area (Å²) in [5.74, 6) is -11.5. The first-order valence-corrected chi connectivity index (χ1v) is 29.2. The van der Waals surface area contributed by atoms with E-state index in [1.807, 2.05) is 37.3 Å². The minimum atomic E-state index is -1.80. The summed E-state index contributed by atoms with van der Waals surface area (Å²) in [7, 11) is 1.63. The van der Waals surface area contributed by atoms with Crippen LogP contribution in [-0.4, -0.2) is 183 Å². The number of aliphatic hydroxyl groups excluding tert-OH is 1. The van der Waals surface area contributed by atoms with E-state index < -0.39 is 182 Å². The average molecular weight is 1190 g/mol. The topological polar surface area (TPSA) is 454 Å². The summed E-state index contributed by atoms with van der Waals surface area (Å²) >= 11 is 0. The maximum Gasteiger partial charge on any atom is 0.329 e. The number of hydrogen-bond donors (Lipinski definition) is 16. The van der Waals surface area contributed by atoms with Gasteiger partial charge < -0.3 is 91.3 Å². The summed E-state index contributed by atoms with van der Waals surface area (Å²) in [4.78, 5) is 152. The average Bonchev–Trinajstić information content (AvgIpc) is 3.75. The number of carbonyl (C=O) groups excluding carboxylic acids is 11. The first-order valence-electron chi connectivity index (χ1n) is 29.2. The molecule has 1 aromatic carbocycles. The van der Waals surface area contributed by atoms with Crippen LogP contribution in [0.3, 0.4) is 0 Å². The number of likely N-dealkylation sites (N-methyl/N-ethyl adjacent to an activating group) is 1. The molecule has 2 rings (SSSR count). The van der Waals surface area contributed by atoms with Gasteiger partial charge in [-0.3, -0.25) is 47.9 Å². The molecule has 0 unspecified atom stereocenters. The molecule has 1 aliphatic rings. The molecule has 1 fully saturated rings. The van der Waals surface area contributed by atoms with Crippen molar-refractivity contribution in [2.24, 2.45) is 46.6 Å². The van der Waals surface area contributed by atoms with Crippen LogP contribution in [0.4, 0.5) is 0 Å². The van der Waals surface area contributed by atoms with Gasteiger partial charge in [0.15, 0.2) is 0 Å². The van der Waals surface area contributed by atoms with Gasteiger partial charge >= 0.3 is 5.97 Å². The Balaban J connectivity index is 2.35. The van der Waals surface area contributed by atoms with Crippen LogP contribution in [0.2, 0.25) is 0 Å². The Hall–Kier alpha value is -6.85. The van der Waals surface area contributed by atoms with Gasteiger partial charge in [0, 0.05) is 19.6 Å². The van der Waals surface area contributed by atoms with E-state index in [4.69, 9.17) is 27.7 Å². The van der Waals surface area contributed by atoms with E-state index in [0.717, 1.165) is 5.56 Å². The third kappa shape index (κ3) is 22.3. The van der Waals surface area contributed by atoms with Gasteiger partial charge in [-0.15, -0.1) is 0 Å². The number of nitrogens with one attached hydrogen (secondary N) is 11. The highest BCUT2D eigenvalue weighted by Gasteiger charge is 2.41. The van der Waals surface area contributed by atoms with Crippen molar-refractivity contribution in [3.63, 3.8) is 0 Å². The predicted octanol–water partition coefficient (Wildman–Crippen LogP) is -4.21. The van der Waals surface area contributed by atoms with Crippen molar-refractivity contribution in [1.82, 2.24) is 58.5 Å². The lowest BCUT2D eigenvalue weighted by Crippen LogP contribution is -2.64. The van der Waals surface area contributed by atoms with Crippen molar-refractivity contribution >= 4 is 65.0 Å². The molecule has 1 saturated heterocycles. The monoisotopic (exact) mass is 1190 g/mol. The maximum atomic E-state index is 14.3. The number of amides is 10. The van der Waals surface area contributed by atoms with E-state index in [-0.39, 0.29) is 18.8 Å². The molecule has 0 radical (unpaired) electrons. The zero-order valence-electron chi connectivity index (χ0n) is 50.5. The normalized spacial score (nSPS) is 21.6. The van der Waals surface area contributed by atoms with Crippen molar-refractivity contribution < 1.29 is 62.6 Å². The minimum Gasteiger partial charge on any atom is -0.458 e.